The molecule has 0 aromatic heterocycles. The van der Waals surface area contributed by atoms with E-state index in [1.165, 1.54) is 11.6 Å². The fraction of sp³-hybridized carbons (Fsp3) is 0.304. The molecule has 1 saturated heterocycles. The van der Waals surface area contributed by atoms with Gasteiger partial charge < -0.3 is 4.74 Å². The van der Waals surface area contributed by atoms with Crippen LogP contribution in [0.3, 0.4) is 0 Å². The molecule has 1 spiro atoms. The molecule has 4 rings (SSSR count). The van der Waals surface area contributed by atoms with Crippen LogP contribution in [0.2, 0.25) is 0 Å². The molecule has 6 heteroatoms. The summed E-state index contributed by atoms with van der Waals surface area (Å²) in [6.07, 6.45) is 4.94. The number of fused-ring (bicyclic) bond motifs is 1. The number of likely N-dealkylation sites (tertiary alicyclic amines) is 1. The Balaban J connectivity index is 1.43. The predicted octanol–water partition coefficient (Wildman–Crippen LogP) is 2.86. The van der Waals surface area contributed by atoms with Gasteiger partial charge >= 0.3 is 0 Å². The van der Waals surface area contributed by atoms with E-state index in [9.17, 15) is 9.59 Å². The lowest BCUT2D eigenvalue weighted by Crippen LogP contribution is -2.44. The van der Waals surface area contributed by atoms with Gasteiger partial charge in [0.05, 0.1) is 12.0 Å². The Morgan fingerprint density at radius 1 is 1.24 bits per heavy atom. The molecule has 2 aliphatic heterocycles. The predicted molar refractivity (Wildman–Crippen MR) is 109 cm³/mol. The third-order valence-electron chi connectivity index (χ3n) is 5.61. The van der Waals surface area contributed by atoms with Gasteiger partial charge in [0.15, 0.2) is 5.78 Å². The Labute approximate surface area is 169 Å². The van der Waals surface area contributed by atoms with Crippen LogP contribution >= 0.6 is 0 Å². The van der Waals surface area contributed by atoms with Crippen molar-refractivity contribution in [2.45, 2.75) is 24.9 Å². The van der Waals surface area contributed by atoms with Crippen LogP contribution in [0.5, 0.6) is 5.75 Å². The molecular formula is C23H24N2O4. The van der Waals surface area contributed by atoms with Crippen molar-refractivity contribution in [1.29, 1.82) is 0 Å². The van der Waals surface area contributed by atoms with Gasteiger partial charge in [0.25, 0.3) is 5.91 Å². The molecule has 2 N–H and O–H groups in total. The van der Waals surface area contributed by atoms with Crippen LogP contribution in [0.15, 0.2) is 54.6 Å². The van der Waals surface area contributed by atoms with E-state index in [4.69, 9.17) is 9.94 Å². The largest absolute Gasteiger partial charge is 0.485 e. The summed E-state index contributed by atoms with van der Waals surface area (Å²) in [6, 6.07) is 15.7. The molecular weight excluding hydrogens is 368 g/mol. The van der Waals surface area contributed by atoms with Gasteiger partial charge in [0.1, 0.15) is 11.4 Å². The Hall–Kier alpha value is -2.96. The molecule has 2 aromatic carbocycles. The highest BCUT2D eigenvalue weighted by atomic mass is 16.5. The SMILES string of the molecule is O=C(C=Cc1ccc2c(c1)C(=O)CC1(CCN(CCc3ccccc3)C1)O2)NO. The summed E-state index contributed by atoms with van der Waals surface area (Å²) >= 11 is 0. The molecule has 150 valence electrons. The van der Waals surface area contributed by atoms with Crippen molar-refractivity contribution in [1.82, 2.24) is 10.4 Å². The molecule has 1 atom stereocenters. The first-order valence-corrected chi connectivity index (χ1v) is 9.82. The van der Waals surface area contributed by atoms with E-state index in [1.807, 2.05) is 6.07 Å². The van der Waals surface area contributed by atoms with E-state index in [0.29, 0.717) is 23.3 Å². The summed E-state index contributed by atoms with van der Waals surface area (Å²) in [7, 11) is 0. The van der Waals surface area contributed by atoms with Crippen molar-refractivity contribution in [2.24, 2.45) is 0 Å². The van der Waals surface area contributed by atoms with Crippen LogP contribution in [0.4, 0.5) is 0 Å². The number of ether oxygens (including phenoxy) is 1. The number of hydrogen-bond acceptors (Lipinski definition) is 5. The highest BCUT2D eigenvalue weighted by Gasteiger charge is 2.45. The summed E-state index contributed by atoms with van der Waals surface area (Å²) in [5.41, 5.74) is 3.66. The van der Waals surface area contributed by atoms with Crippen LogP contribution in [0.25, 0.3) is 6.08 Å². The highest BCUT2D eigenvalue weighted by molar-refractivity contribution is 6.01. The average molecular weight is 392 g/mol. The first-order valence-electron chi connectivity index (χ1n) is 9.82. The molecule has 0 radical (unpaired) electrons. The Morgan fingerprint density at radius 2 is 2.07 bits per heavy atom. The van der Waals surface area contributed by atoms with Gasteiger partial charge in [-0.3, -0.25) is 19.7 Å². The second-order valence-corrected chi connectivity index (χ2v) is 7.71. The van der Waals surface area contributed by atoms with E-state index < -0.39 is 11.5 Å². The van der Waals surface area contributed by atoms with Crippen LogP contribution in [0.1, 0.15) is 34.3 Å². The molecule has 0 bridgehead atoms. The zero-order valence-electron chi connectivity index (χ0n) is 16.1. The van der Waals surface area contributed by atoms with Crippen molar-refractivity contribution in [3.8, 4) is 5.75 Å². The van der Waals surface area contributed by atoms with Crippen LogP contribution < -0.4 is 10.2 Å². The Bertz CT molecular complexity index is 941. The van der Waals surface area contributed by atoms with Crippen LogP contribution in [-0.4, -0.2) is 47.0 Å². The third kappa shape index (κ3) is 4.39. The minimum Gasteiger partial charge on any atom is -0.485 e. The summed E-state index contributed by atoms with van der Waals surface area (Å²) in [4.78, 5) is 26.3. The van der Waals surface area contributed by atoms with Gasteiger partial charge in [0.2, 0.25) is 0 Å². The summed E-state index contributed by atoms with van der Waals surface area (Å²) in [5, 5.41) is 8.56. The number of Topliss-reactive ketones (excluding diaryl/α,β-unsaturated/α-hetero) is 1. The van der Waals surface area contributed by atoms with Gasteiger partial charge in [-0.2, -0.15) is 0 Å². The second kappa shape index (κ2) is 8.19. The first kappa shape index (κ1) is 19.4. The fourth-order valence-electron chi connectivity index (χ4n) is 4.10. The minimum atomic E-state index is -0.620. The van der Waals surface area contributed by atoms with Gasteiger partial charge in [0, 0.05) is 32.1 Å². The van der Waals surface area contributed by atoms with E-state index in [-0.39, 0.29) is 5.78 Å². The lowest BCUT2D eigenvalue weighted by molar-refractivity contribution is -0.124. The number of carbonyl (C=O) groups is 2. The molecule has 0 saturated carbocycles. The van der Waals surface area contributed by atoms with Crippen molar-refractivity contribution in [3.63, 3.8) is 0 Å². The normalized spacial score (nSPS) is 21.3. The van der Waals surface area contributed by atoms with Crippen molar-refractivity contribution >= 4 is 17.8 Å². The zero-order chi connectivity index (χ0) is 20.3. The summed E-state index contributed by atoms with van der Waals surface area (Å²) in [6.45, 7) is 2.63. The molecule has 2 aromatic rings. The smallest absolute Gasteiger partial charge is 0.267 e. The van der Waals surface area contributed by atoms with E-state index in [2.05, 4.69) is 29.2 Å². The van der Waals surface area contributed by atoms with Gasteiger partial charge in [-0.1, -0.05) is 36.4 Å². The third-order valence-corrected chi connectivity index (χ3v) is 5.61. The van der Waals surface area contributed by atoms with Crippen LogP contribution in [0, 0.1) is 0 Å². The quantitative estimate of drug-likeness (QED) is 0.465. The maximum Gasteiger partial charge on any atom is 0.267 e. The standard InChI is InChI=1S/C23H24N2O4/c26-20-15-23(11-13-25(16-23)12-10-17-4-2-1-3-5-17)29-21-8-6-18(14-19(20)21)7-9-22(27)24-28/h1-9,14,28H,10-13,15-16H2,(H,24,27). The van der Waals surface area contributed by atoms with Crippen molar-refractivity contribution in [3.05, 3.63) is 71.3 Å². The lowest BCUT2D eigenvalue weighted by atomic mass is 9.88. The maximum absolute atomic E-state index is 12.8. The summed E-state index contributed by atoms with van der Waals surface area (Å²) < 4.78 is 6.33. The molecule has 1 unspecified atom stereocenters. The second-order valence-electron chi connectivity index (χ2n) is 7.71. The number of hydrogen-bond donors (Lipinski definition) is 2. The monoisotopic (exact) mass is 392 g/mol. The summed E-state index contributed by atoms with van der Waals surface area (Å²) in [5.74, 6) is 0.0544. The fourth-order valence-corrected chi connectivity index (χ4v) is 4.10. The average Bonchev–Trinajstić information content (AvgIpc) is 3.13. The number of nitrogens with zero attached hydrogens (tertiary/aromatic N) is 1. The molecule has 2 aliphatic rings. The van der Waals surface area contributed by atoms with Gasteiger partial charge in [-0.15, -0.1) is 0 Å². The Kier molecular flexibility index (Phi) is 5.47. The van der Waals surface area contributed by atoms with Gasteiger partial charge in [-0.25, -0.2) is 5.48 Å². The maximum atomic E-state index is 12.8. The number of hydroxylamine groups is 1. The lowest BCUT2D eigenvalue weighted by Gasteiger charge is -2.35. The van der Waals surface area contributed by atoms with Crippen molar-refractivity contribution in [2.75, 3.05) is 19.6 Å². The number of ketones is 1. The van der Waals surface area contributed by atoms with E-state index >= 15 is 0 Å². The number of amides is 1. The number of rotatable bonds is 5. The first-order chi connectivity index (χ1) is 14.1. The topological polar surface area (TPSA) is 78.9 Å². The molecule has 2 heterocycles. The molecule has 6 nitrogen and oxygen atoms in total. The molecule has 0 aliphatic carbocycles. The zero-order valence-corrected chi connectivity index (χ0v) is 16.1. The number of carbonyl (C=O) groups excluding carboxylic acids is 2. The molecule has 29 heavy (non-hydrogen) atoms. The molecule has 1 fully saturated rings. The van der Waals surface area contributed by atoms with E-state index in [0.717, 1.165) is 32.5 Å². The number of benzene rings is 2. The van der Waals surface area contributed by atoms with Gasteiger partial charge in [-0.05, 0) is 35.8 Å². The van der Waals surface area contributed by atoms with E-state index in [1.54, 1.807) is 29.8 Å². The molecule has 1 amide bonds. The van der Waals surface area contributed by atoms with Crippen molar-refractivity contribution < 1.29 is 19.5 Å². The highest BCUT2D eigenvalue weighted by Crippen LogP contribution is 2.39. The minimum absolute atomic E-state index is 0.0676. The van der Waals surface area contributed by atoms with Crippen LogP contribution in [-0.2, 0) is 11.2 Å². The number of nitrogens with one attached hydrogen (secondary N) is 1. The Morgan fingerprint density at radius 3 is 2.86 bits per heavy atom.